The van der Waals surface area contributed by atoms with Gasteiger partial charge in [0, 0.05) is 35.2 Å². The van der Waals surface area contributed by atoms with Crippen LogP contribution in [0.25, 0.3) is 16.6 Å². The van der Waals surface area contributed by atoms with E-state index in [1.807, 2.05) is 20.8 Å². The molecule has 1 saturated carbocycles. The number of nitrogens with one attached hydrogen (secondary N) is 2. The number of carbonyl (C=O) groups is 2. The van der Waals surface area contributed by atoms with Crippen molar-refractivity contribution < 1.29 is 14.3 Å². The predicted octanol–water partition coefficient (Wildman–Crippen LogP) is 3.08. The first-order chi connectivity index (χ1) is 15.2. The largest absolute Gasteiger partial charge is 0.444 e. The van der Waals surface area contributed by atoms with Gasteiger partial charge in [-0.25, -0.2) is 14.8 Å². The molecule has 9 nitrogen and oxygen atoms in total. The van der Waals surface area contributed by atoms with E-state index in [1.54, 1.807) is 47.6 Å². The number of carbonyl (C=O) groups excluding carboxylic acids is 2. The number of rotatable bonds is 4. The average Bonchev–Trinajstić information content (AvgIpc) is 3.24. The molecular formula is C23H24N6O3. The number of ether oxygens (including phenoxy) is 1. The summed E-state index contributed by atoms with van der Waals surface area (Å²) in [6, 6.07) is 9.04. The van der Waals surface area contributed by atoms with Crippen molar-refractivity contribution in [2.45, 2.75) is 51.3 Å². The quantitative estimate of drug-likeness (QED) is 0.653. The van der Waals surface area contributed by atoms with Crippen LogP contribution in [-0.2, 0) is 4.74 Å². The van der Waals surface area contributed by atoms with Crippen LogP contribution in [0.4, 0.5) is 4.79 Å². The van der Waals surface area contributed by atoms with Crippen molar-refractivity contribution >= 4 is 22.8 Å². The second-order valence-corrected chi connectivity index (χ2v) is 8.80. The van der Waals surface area contributed by atoms with Crippen molar-refractivity contribution in [3.63, 3.8) is 0 Å². The van der Waals surface area contributed by atoms with Crippen LogP contribution >= 0.6 is 0 Å². The lowest BCUT2D eigenvalue weighted by molar-refractivity contribution is 0.0465. The number of aromatic nitrogens is 3. The monoisotopic (exact) mass is 432 g/mol. The average molecular weight is 432 g/mol. The van der Waals surface area contributed by atoms with Crippen molar-refractivity contribution in [1.82, 2.24) is 25.2 Å². The highest BCUT2D eigenvalue weighted by molar-refractivity contribution is 6.07. The van der Waals surface area contributed by atoms with E-state index in [9.17, 15) is 14.9 Å². The summed E-state index contributed by atoms with van der Waals surface area (Å²) in [6.07, 6.45) is 5.68. The maximum absolute atomic E-state index is 13.1. The molecule has 1 aliphatic carbocycles. The standard InChI is InChI=1S/C23H24N6O3/c1-23(2,3)32-22(31)27-16-9-15(10-16)26-21(30)20-17-6-4-5-14(12-24)18(17)11-19(28-20)29-8-7-25-13-29/h4-8,11,13,15-16H,9-10H2,1-3H3,(H,26,30)(H,27,31). The Morgan fingerprint density at radius 2 is 1.94 bits per heavy atom. The molecule has 4 rings (SSSR count). The summed E-state index contributed by atoms with van der Waals surface area (Å²) in [5, 5.41) is 16.6. The minimum Gasteiger partial charge on any atom is -0.444 e. The second kappa shape index (κ2) is 8.30. The van der Waals surface area contributed by atoms with Crippen LogP contribution in [0.1, 0.15) is 49.7 Å². The highest BCUT2D eigenvalue weighted by Crippen LogP contribution is 2.26. The van der Waals surface area contributed by atoms with Gasteiger partial charge in [0.15, 0.2) is 0 Å². The topological polar surface area (TPSA) is 122 Å². The van der Waals surface area contributed by atoms with E-state index in [1.165, 1.54) is 0 Å². The first-order valence-electron chi connectivity index (χ1n) is 10.4. The zero-order valence-corrected chi connectivity index (χ0v) is 18.1. The van der Waals surface area contributed by atoms with Crippen LogP contribution in [-0.4, -0.2) is 44.2 Å². The van der Waals surface area contributed by atoms with Gasteiger partial charge in [-0.15, -0.1) is 0 Å². The fourth-order valence-electron chi connectivity index (χ4n) is 3.64. The number of pyridine rings is 1. The van der Waals surface area contributed by atoms with Crippen LogP contribution in [0.3, 0.4) is 0 Å². The number of hydrogen-bond acceptors (Lipinski definition) is 6. The van der Waals surface area contributed by atoms with Gasteiger partial charge in [0.1, 0.15) is 23.4 Å². The number of hydrogen-bond donors (Lipinski definition) is 2. The number of fused-ring (bicyclic) bond motifs is 1. The van der Waals surface area contributed by atoms with Crippen LogP contribution in [0.15, 0.2) is 43.0 Å². The van der Waals surface area contributed by atoms with Gasteiger partial charge in [-0.1, -0.05) is 12.1 Å². The lowest BCUT2D eigenvalue weighted by Gasteiger charge is -2.36. The molecule has 0 spiro atoms. The van der Waals surface area contributed by atoms with Gasteiger partial charge in [0.2, 0.25) is 0 Å². The summed E-state index contributed by atoms with van der Waals surface area (Å²) in [5.41, 5.74) is 0.147. The Labute approximate surface area is 185 Å². The molecule has 9 heteroatoms. The lowest BCUT2D eigenvalue weighted by atomic mass is 9.86. The summed E-state index contributed by atoms with van der Waals surface area (Å²) < 4.78 is 6.96. The third-order valence-electron chi connectivity index (χ3n) is 5.16. The molecule has 1 aromatic carbocycles. The van der Waals surface area contributed by atoms with Crippen molar-refractivity contribution in [2.24, 2.45) is 0 Å². The van der Waals surface area contributed by atoms with Gasteiger partial charge in [0.05, 0.1) is 11.6 Å². The van der Waals surface area contributed by atoms with E-state index >= 15 is 0 Å². The van der Waals surface area contributed by atoms with E-state index in [4.69, 9.17) is 4.74 Å². The summed E-state index contributed by atoms with van der Waals surface area (Å²) in [6.45, 7) is 5.43. The van der Waals surface area contributed by atoms with Gasteiger partial charge in [0.25, 0.3) is 5.91 Å². The Kier molecular flexibility index (Phi) is 5.53. The molecule has 2 amide bonds. The first kappa shape index (κ1) is 21.3. The molecule has 0 aliphatic heterocycles. The van der Waals surface area contributed by atoms with E-state index in [2.05, 4.69) is 26.7 Å². The van der Waals surface area contributed by atoms with Crippen LogP contribution in [0.2, 0.25) is 0 Å². The van der Waals surface area contributed by atoms with Gasteiger partial charge in [-0.3, -0.25) is 9.36 Å². The van der Waals surface area contributed by atoms with Gasteiger partial charge in [-0.2, -0.15) is 5.26 Å². The number of benzene rings is 1. The van der Waals surface area contributed by atoms with E-state index in [0.717, 1.165) is 0 Å². The summed E-state index contributed by atoms with van der Waals surface area (Å²) in [7, 11) is 0. The van der Waals surface area contributed by atoms with Crippen molar-refractivity contribution in [2.75, 3.05) is 0 Å². The summed E-state index contributed by atoms with van der Waals surface area (Å²) in [4.78, 5) is 33.6. The zero-order chi connectivity index (χ0) is 22.9. The fraction of sp³-hybridized carbons (Fsp3) is 0.348. The first-order valence-corrected chi connectivity index (χ1v) is 10.4. The number of imidazole rings is 1. The molecule has 0 bridgehead atoms. The molecule has 2 aromatic heterocycles. The highest BCUT2D eigenvalue weighted by Gasteiger charge is 2.33. The normalized spacial score (nSPS) is 17.8. The molecule has 2 N–H and O–H groups in total. The lowest BCUT2D eigenvalue weighted by Crippen LogP contribution is -2.54. The molecule has 0 saturated heterocycles. The maximum Gasteiger partial charge on any atom is 0.407 e. The highest BCUT2D eigenvalue weighted by atomic mass is 16.6. The summed E-state index contributed by atoms with van der Waals surface area (Å²) >= 11 is 0. The van der Waals surface area contributed by atoms with Crippen molar-refractivity contribution in [1.29, 1.82) is 5.26 Å². The Bertz CT molecular complexity index is 1200. The molecule has 1 fully saturated rings. The van der Waals surface area contributed by atoms with Crippen molar-refractivity contribution in [3.8, 4) is 11.9 Å². The molecule has 32 heavy (non-hydrogen) atoms. The smallest absolute Gasteiger partial charge is 0.407 e. The summed E-state index contributed by atoms with van der Waals surface area (Å²) in [5.74, 6) is 0.175. The fourth-order valence-corrected chi connectivity index (χ4v) is 3.64. The van der Waals surface area contributed by atoms with Crippen molar-refractivity contribution in [3.05, 3.63) is 54.2 Å². The number of alkyl carbamates (subject to hydrolysis) is 1. The Morgan fingerprint density at radius 3 is 2.59 bits per heavy atom. The minimum atomic E-state index is -0.559. The second-order valence-electron chi connectivity index (χ2n) is 8.80. The van der Waals surface area contributed by atoms with Crippen LogP contribution in [0.5, 0.6) is 0 Å². The molecule has 0 atom stereocenters. The number of amides is 2. The molecule has 0 radical (unpaired) electrons. The van der Waals surface area contributed by atoms with Gasteiger partial charge in [-0.05, 0) is 45.7 Å². The van der Waals surface area contributed by atoms with E-state index in [-0.39, 0.29) is 23.7 Å². The Morgan fingerprint density at radius 1 is 1.19 bits per heavy atom. The SMILES string of the molecule is CC(C)(C)OC(=O)NC1CC(NC(=O)c2nc(-n3ccnc3)cc3c(C#N)cccc23)C1. The third kappa shape index (κ3) is 4.54. The Hall–Kier alpha value is -3.93. The van der Waals surface area contributed by atoms with E-state index in [0.29, 0.717) is 35.0 Å². The Balaban J connectivity index is 1.51. The number of nitrogens with zero attached hydrogens (tertiary/aromatic N) is 4. The third-order valence-corrected chi connectivity index (χ3v) is 5.16. The van der Waals surface area contributed by atoms with Crippen LogP contribution in [0, 0.1) is 11.3 Å². The van der Waals surface area contributed by atoms with E-state index < -0.39 is 11.7 Å². The molecule has 1 aliphatic rings. The predicted molar refractivity (Wildman–Crippen MR) is 117 cm³/mol. The zero-order valence-electron chi connectivity index (χ0n) is 18.1. The van der Waals surface area contributed by atoms with Gasteiger partial charge >= 0.3 is 6.09 Å². The minimum absolute atomic E-state index is 0.0534. The van der Waals surface area contributed by atoms with Crippen LogP contribution < -0.4 is 10.6 Å². The molecule has 2 heterocycles. The number of nitriles is 1. The molecule has 164 valence electrons. The molecule has 3 aromatic rings. The molecular weight excluding hydrogens is 408 g/mol. The van der Waals surface area contributed by atoms with Gasteiger partial charge < -0.3 is 15.4 Å². The molecule has 0 unspecified atom stereocenters. The maximum atomic E-state index is 13.1.